The van der Waals surface area contributed by atoms with Crippen LogP contribution < -0.4 is 5.73 Å². The Morgan fingerprint density at radius 3 is 2.71 bits per heavy atom. The van der Waals surface area contributed by atoms with Crippen LogP contribution in [0.3, 0.4) is 0 Å². The number of nitrogens with two attached hydrogens (primary N) is 1. The normalized spacial score (nSPS) is 19.0. The van der Waals surface area contributed by atoms with Crippen molar-refractivity contribution in [2.24, 2.45) is 5.73 Å². The van der Waals surface area contributed by atoms with Gasteiger partial charge in [-0.1, -0.05) is 6.07 Å². The summed E-state index contributed by atoms with van der Waals surface area (Å²) in [6, 6.07) is 4.21. The molecule has 1 aliphatic rings. The van der Waals surface area contributed by atoms with Crippen molar-refractivity contribution in [1.82, 2.24) is 0 Å². The first kappa shape index (κ1) is 12.2. The van der Waals surface area contributed by atoms with Crippen molar-refractivity contribution in [3.8, 4) is 0 Å². The lowest BCUT2D eigenvalue weighted by molar-refractivity contribution is 0.0447. The maximum Gasteiger partial charge on any atom is 0.183 e. The molecule has 1 aromatic rings. The number of hydrogen-bond donors (Lipinski definition) is 1. The summed E-state index contributed by atoms with van der Waals surface area (Å²) in [6.45, 7) is 2.75. The van der Waals surface area contributed by atoms with Gasteiger partial charge in [0, 0.05) is 18.8 Å². The van der Waals surface area contributed by atoms with Gasteiger partial charge in [0.15, 0.2) is 5.78 Å². The molecule has 0 aliphatic carbocycles. The maximum atomic E-state index is 13.2. The molecule has 2 rings (SSSR count). The number of benzene rings is 1. The molecule has 0 unspecified atom stereocenters. The Morgan fingerprint density at radius 1 is 1.41 bits per heavy atom. The van der Waals surface area contributed by atoms with Gasteiger partial charge in [-0.05, 0) is 37.5 Å². The summed E-state index contributed by atoms with van der Waals surface area (Å²) in [6.07, 6.45) is 0.976. The Bertz CT molecular complexity index is 439. The molecule has 0 spiro atoms. The molecule has 0 amide bonds. The fourth-order valence-corrected chi connectivity index (χ4v) is 2.07. The first-order chi connectivity index (χ1) is 8.03. The monoisotopic (exact) mass is 237 g/mol. The van der Waals surface area contributed by atoms with Crippen LogP contribution >= 0.6 is 0 Å². The standard InChI is InChI=1S/C13H16FNO2/c1-9-2-3-10(14)8-11(9)12(16)13(15)4-6-17-7-5-13/h2-3,8H,4-7,15H2,1H3. The molecule has 17 heavy (non-hydrogen) atoms. The van der Waals surface area contributed by atoms with Crippen LogP contribution in [0.4, 0.5) is 4.39 Å². The van der Waals surface area contributed by atoms with Gasteiger partial charge in [-0.25, -0.2) is 4.39 Å². The third kappa shape index (κ3) is 2.37. The van der Waals surface area contributed by atoms with E-state index in [0.717, 1.165) is 5.56 Å². The topological polar surface area (TPSA) is 52.3 Å². The molecule has 0 aromatic heterocycles. The van der Waals surface area contributed by atoms with E-state index >= 15 is 0 Å². The molecular formula is C13H16FNO2. The van der Waals surface area contributed by atoms with Crippen LogP contribution in [0.25, 0.3) is 0 Å². The highest BCUT2D eigenvalue weighted by Crippen LogP contribution is 2.24. The minimum absolute atomic E-state index is 0.183. The van der Waals surface area contributed by atoms with Crippen molar-refractivity contribution in [2.45, 2.75) is 25.3 Å². The zero-order valence-electron chi connectivity index (χ0n) is 9.83. The maximum absolute atomic E-state index is 13.2. The number of Topliss-reactive ketones (excluding diaryl/α,β-unsaturated/α-hetero) is 1. The zero-order chi connectivity index (χ0) is 12.5. The molecule has 0 saturated carbocycles. The molecule has 1 saturated heterocycles. The van der Waals surface area contributed by atoms with Crippen LogP contribution in [0.5, 0.6) is 0 Å². The van der Waals surface area contributed by atoms with Crippen LogP contribution in [-0.2, 0) is 4.74 Å². The van der Waals surface area contributed by atoms with Crippen molar-refractivity contribution >= 4 is 5.78 Å². The summed E-state index contributed by atoms with van der Waals surface area (Å²) in [7, 11) is 0. The van der Waals surface area contributed by atoms with Gasteiger partial charge in [0.1, 0.15) is 5.82 Å². The van der Waals surface area contributed by atoms with Crippen molar-refractivity contribution < 1.29 is 13.9 Å². The predicted molar refractivity (Wildman–Crippen MR) is 62.4 cm³/mol. The highest BCUT2D eigenvalue weighted by molar-refractivity contribution is 6.04. The SMILES string of the molecule is Cc1ccc(F)cc1C(=O)C1(N)CCOCC1. The molecule has 0 bridgehead atoms. The summed E-state index contributed by atoms with van der Waals surface area (Å²) in [5, 5.41) is 0. The first-order valence-corrected chi connectivity index (χ1v) is 5.70. The molecule has 0 radical (unpaired) electrons. The Labute approximate surface area is 99.8 Å². The highest BCUT2D eigenvalue weighted by atomic mass is 19.1. The molecule has 2 N–H and O–H groups in total. The second kappa shape index (κ2) is 4.55. The number of hydrogen-bond acceptors (Lipinski definition) is 3. The zero-order valence-corrected chi connectivity index (χ0v) is 9.83. The highest BCUT2D eigenvalue weighted by Gasteiger charge is 2.37. The van der Waals surface area contributed by atoms with Gasteiger partial charge in [-0.2, -0.15) is 0 Å². The minimum atomic E-state index is -0.906. The van der Waals surface area contributed by atoms with Gasteiger partial charge < -0.3 is 10.5 Å². The van der Waals surface area contributed by atoms with E-state index < -0.39 is 11.4 Å². The predicted octanol–water partition coefficient (Wildman–Crippen LogP) is 1.82. The van der Waals surface area contributed by atoms with Gasteiger partial charge in [0.25, 0.3) is 0 Å². The minimum Gasteiger partial charge on any atom is -0.381 e. The molecule has 0 atom stereocenters. The fourth-order valence-electron chi connectivity index (χ4n) is 2.07. The van der Waals surface area contributed by atoms with Crippen LogP contribution in [0.15, 0.2) is 18.2 Å². The van der Waals surface area contributed by atoms with E-state index in [1.807, 2.05) is 0 Å². The second-order valence-corrected chi connectivity index (χ2v) is 4.56. The van der Waals surface area contributed by atoms with Crippen LogP contribution in [0, 0.1) is 12.7 Å². The lowest BCUT2D eigenvalue weighted by atomic mass is 9.82. The lowest BCUT2D eigenvalue weighted by Crippen LogP contribution is -2.52. The van der Waals surface area contributed by atoms with Crippen LogP contribution in [0.1, 0.15) is 28.8 Å². The average Bonchev–Trinajstić information content (AvgIpc) is 2.32. The average molecular weight is 237 g/mol. The molecule has 1 aliphatic heterocycles. The molecular weight excluding hydrogens is 221 g/mol. The lowest BCUT2D eigenvalue weighted by Gasteiger charge is -2.32. The Kier molecular flexibility index (Phi) is 3.26. The molecule has 1 heterocycles. The van der Waals surface area contributed by atoms with Gasteiger partial charge in [0.2, 0.25) is 0 Å². The molecule has 3 nitrogen and oxygen atoms in total. The quantitative estimate of drug-likeness (QED) is 0.798. The summed E-state index contributed by atoms with van der Waals surface area (Å²) in [5.41, 5.74) is 6.34. The summed E-state index contributed by atoms with van der Waals surface area (Å²) < 4.78 is 18.4. The van der Waals surface area contributed by atoms with Crippen LogP contribution in [-0.4, -0.2) is 24.5 Å². The molecule has 92 valence electrons. The Balaban J connectivity index is 2.32. The number of carbonyl (C=O) groups is 1. The Morgan fingerprint density at radius 2 is 2.06 bits per heavy atom. The summed E-state index contributed by atoms with van der Waals surface area (Å²) in [4.78, 5) is 12.3. The number of rotatable bonds is 2. The van der Waals surface area contributed by atoms with E-state index in [1.165, 1.54) is 12.1 Å². The van der Waals surface area contributed by atoms with Crippen molar-refractivity contribution in [2.75, 3.05) is 13.2 Å². The fraction of sp³-hybridized carbons (Fsp3) is 0.462. The van der Waals surface area contributed by atoms with Gasteiger partial charge >= 0.3 is 0 Å². The molecule has 1 aromatic carbocycles. The smallest absolute Gasteiger partial charge is 0.183 e. The van der Waals surface area contributed by atoms with E-state index in [1.54, 1.807) is 13.0 Å². The number of ether oxygens (including phenoxy) is 1. The molecule has 4 heteroatoms. The van der Waals surface area contributed by atoms with Gasteiger partial charge in [0.05, 0.1) is 5.54 Å². The third-order valence-corrected chi connectivity index (χ3v) is 3.28. The van der Waals surface area contributed by atoms with Gasteiger partial charge in [-0.15, -0.1) is 0 Å². The van der Waals surface area contributed by atoms with E-state index in [9.17, 15) is 9.18 Å². The number of carbonyl (C=O) groups excluding carboxylic acids is 1. The van der Waals surface area contributed by atoms with Crippen molar-refractivity contribution in [3.05, 3.63) is 35.1 Å². The number of aryl methyl sites for hydroxylation is 1. The third-order valence-electron chi connectivity index (χ3n) is 3.28. The Hall–Kier alpha value is -1.26. The van der Waals surface area contributed by atoms with E-state index in [0.29, 0.717) is 31.6 Å². The molecule has 1 fully saturated rings. The first-order valence-electron chi connectivity index (χ1n) is 5.70. The number of ketones is 1. The second-order valence-electron chi connectivity index (χ2n) is 4.56. The van der Waals surface area contributed by atoms with E-state index in [2.05, 4.69) is 0 Å². The van der Waals surface area contributed by atoms with Crippen molar-refractivity contribution in [3.63, 3.8) is 0 Å². The van der Waals surface area contributed by atoms with Gasteiger partial charge in [-0.3, -0.25) is 4.79 Å². The largest absolute Gasteiger partial charge is 0.381 e. The summed E-state index contributed by atoms with van der Waals surface area (Å²) >= 11 is 0. The van der Waals surface area contributed by atoms with E-state index in [-0.39, 0.29) is 5.78 Å². The van der Waals surface area contributed by atoms with Crippen LogP contribution in [0.2, 0.25) is 0 Å². The number of halogens is 1. The van der Waals surface area contributed by atoms with E-state index in [4.69, 9.17) is 10.5 Å². The van der Waals surface area contributed by atoms with Crippen molar-refractivity contribution in [1.29, 1.82) is 0 Å². The summed E-state index contributed by atoms with van der Waals surface area (Å²) in [5.74, 6) is -0.590.